The van der Waals surface area contributed by atoms with E-state index in [1.807, 2.05) is 31.2 Å². The Morgan fingerprint density at radius 1 is 1.07 bits per heavy atom. The summed E-state index contributed by atoms with van der Waals surface area (Å²) in [6.07, 6.45) is 2.68. The fourth-order valence-corrected chi connectivity index (χ4v) is 3.76. The molecule has 2 aromatic carbocycles. The molecule has 0 aliphatic rings. The zero-order chi connectivity index (χ0) is 19.4. The van der Waals surface area contributed by atoms with Gasteiger partial charge in [0.2, 0.25) is 0 Å². The van der Waals surface area contributed by atoms with E-state index in [1.165, 1.54) is 5.56 Å². The normalized spacial score (nSPS) is 10.9. The molecule has 0 atom stereocenters. The first-order valence-corrected chi connectivity index (χ1v) is 9.38. The number of nitrogens with two attached hydrogens (primary N) is 1. The van der Waals surface area contributed by atoms with Gasteiger partial charge in [0.25, 0.3) is 5.91 Å². The topological polar surface area (TPSA) is 68.2 Å². The lowest BCUT2D eigenvalue weighted by atomic mass is 9.98. The first-order chi connectivity index (χ1) is 13.0. The maximum atomic E-state index is 12.3. The Balaban J connectivity index is 2.12. The second-order valence-electron chi connectivity index (χ2n) is 6.83. The molecule has 1 heterocycles. The summed E-state index contributed by atoms with van der Waals surface area (Å²) in [5.74, 6) is -0.248. The van der Waals surface area contributed by atoms with Gasteiger partial charge in [0.15, 0.2) is 0 Å². The molecule has 3 N–H and O–H groups in total. The summed E-state index contributed by atoms with van der Waals surface area (Å²) in [6.45, 7) is 4.86. The van der Waals surface area contributed by atoms with E-state index in [0.717, 1.165) is 48.3 Å². The molecule has 0 unspecified atom stereocenters. The van der Waals surface area contributed by atoms with Crippen molar-refractivity contribution in [2.45, 2.75) is 39.7 Å². The highest BCUT2D eigenvalue weighted by Crippen LogP contribution is 2.35. The molecular formula is C23H26N2O2. The van der Waals surface area contributed by atoms with Crippen molar-refractivity contribution < 1.29 is 9.90 Å². The Morgan fingerprint density at radius 2 is 1.81 bits per heavy atom. The van der Waals surface area contributed by atoms with Gasteiger partial charge in [-0.1, -0.05) is 55.8 Å². The molecule has 4 nitrogen and oxygen atoms in total. The summed E-state index contributed by atoms with van der Waals surface area (Å²) in [4.78, 5) is 12.3. The lowest BCUT2D eigenvalue weighted by molar-refractivity contribution is 0.1000. The van der Waals surface area contributed by atoms with Crippen LogP contribution in [0.25, 0.3) is 11.1 Å². The second kappa shape index (κ2) is 8.12. The minimum absolute atomic E-state index is 0.181. The zero-order valence-electron chi connectivity index (χ0n) is 15.9. The van der Waals surface area contributed by atoms with E-state index >= 15 is 0 Å². The second-order valence-corrected chi connectivity index (χ2v) is 6.83. The molecule has 0 saturated heterocycles. The van der Waals surface area contributed by atoms with E-state index in [-0.39, 0.29) is 5.75 Å². The van der Waals surface area contributed by atoms with Crippen molar-refractivity contribution in [1.82, 2.24) is 4.57 Å². The molecule has 0 saturated carbocycles. The van der Waals surface area contributed by atoms with E-state index in [9.17, 15) is 9.90 Å². The molecule has 4 heteroatoms. The van der Waals surface area contributed by atoms with Gasteiger partial charge in [-0.15, -0.1) is 0 Å². The van der Waals surface area contributed by atoms with Gasteiger partial charge in [0, 0.05) is 23.5 Å². The third-order valence-corrected chi connectivity index (χ3v) is 4.97. The van der Waals surface area contributed by atoms with Crippen molar-refractivity contribution in [2.24, 2.45) is 5.73 Å². The van der Waals surface area contributed by atoms with E-state index in [4.69, 9.17) is 5.73 Å². The molecule has 0 spiro atoms. The van der Waals surface area contributed by atoms with Crippen LogP contribution in [0.1, 0.15) is 40.7 Å². The Bertz CT molecular complexity index is 943. The largest absolute Gasteiger partial charge is 0.508 e. The van der Waals surface area contributed by atoms with Crippen molar-refractivity contribution in [2.75, 3.05) is 0 Å². The predicted octanol–water partition coefficient (Wildman–Crippen LogP) is 4.46. The van der Waals surface area contributed by atoms with Gasteiger partial charge in [-0.25, -0.2) is 0 Å². The van der Waals surface area contributed by atoms with Crippen LogP contribution in [0.3, 0.4) is 0 Å². The minimum atomic E-state index is -0.429. The van der Waals surface area contributed by atoms with Gasteiger partial charge in [-0.3, -0.25) is 4.79 Å². The first kappa shape index (κ1) is 18.8. The summed E-state index contributed by atoms with van der Waals surface area (Å²) in [6, 6.07) is 17.4. The summed E-state index contributed by atoms with van der Waals surface area (Å²) >= 11 is 0. The monoisotopic (exact) mass is 362 g/mol. The number of primary amides is 1. The molecule has 3 aromatic rings. The Morgan fingerprint density at radius 3 is 2.44 bits per heavy atom. The summed E-state index contributed by atoms with van der Waals surface area (Å²) < 4.78 is 2.22. The summed E-state index contributed by atoms with van der Waals surface area (Å²) in [5, 5.41) is 9.93. The third kappa shape index (κ3) is 3.90. The van der Waals surface area contributed by atoms with E-state index in [0.29, 0.717) is 5.56 Å². The van der Waals surface area contributed by atoms with Gasteiger partial charge in [0.05, 0.1) is 5.56 Å². The molecular weight excluding hydrogens is 336 g/mol. The van der Waals surface area contributed by atoms with Crippen molar-refractivity contribution in [1.29, 1.82) is 0 Å². The number of phenols is 1. The average Bonchev–Trinajstić information content (AvgIpc) is 2.93. The third-order valence-electron chi connectivity index (χ3n) is 4.97. The standard InChI is InChI=1S/C23H26N2O2/c1-3-8-20-22(18-11-7-12-19(26)15-18)21(23(24)27)16(2)25(20)14-13-17-9-5-4-6-10-17/h4-7,9-12,15,26H,3,8,13-14H2,1-2H3,(H2,24,27). The number of aromatic hydroxyl groups is 1. The Kier molecular flexibility index (Phi) is 5.65. The van der Waals surface area contributed by atoms with Crippen molar-refractivity contribution >= 4 is 5.91 Å². The molecule has 0 bridgehead atoms. The van der Waals surface area contributed by atoms with Gasteiger partial charge in [0.1, 0.15) is 5.75 Å². The summed E-state index contributed by atoms with van der Waals surface area (Å²) in [5.41, 5.74) is 11.2. The maximum absolute atomic E-state index is 12.3. The van der Waals surface area contributed by atoms with Crippen LogP contribution in [0.4, 0.5) is 0 Å². The maximum Gasteiger partial charge on any atom is 0.251 e. The fourth-order valence-electron chi connectivity index (χ4n) is 3.76. The highest BCUT2D eigenvalue weighted by molar-refractivity contribution is 6.02. The van der Waals surface area contributed by atoms with E-state index in [1.54, 1.807) is 18.2 Å². The van der Waals surface area contributed by atoms with E-state index < -0.39 is 5.91 Å². The predicted molar refractivity (Wildman–Crippen MR) is 109 cm³/mol. The number of aromatic nitrogens is 1. The molecule has 1 amide bonds. The Hall–Kier alpha value is -3.01. The zero-order valence-corrected chi connectivity index (χ0v) is 15.9. The molecule has 0 fully saturated rings. The van der Waals surface area contributed by atoms with Crippen LogP contribution in [0.15, 0.2) is 54.6 Å². The van der Waals surface area contributed by atoms with Crippen LogP contribution >= 0.6 is 0 Å². The fraction of sp³-hybridized carbons (Fsp3) is 0.261. The number of carbonyl (C=O) groups is 1. The van der Waals surface area contributed by atoms with Crippen LogP contribution in [-0.2, 0) is 19.4 Å². The molecule has 27 heavy (non-hydrogen) atoms. The number of benzene rings is 2. The van der Waals surface area contributed by atoms with Gasteiger partial charge in [-0.05, 0) is 43.0 Å². The van der Waals surface area contributed by atoms with Crippen LogP contribution < -0.4 is 5.73 Å². The summed E-state index contributed by atoms with van der Waals surface area (Å²) in [7, 11) is 0. The molecule has 0 aliphatic heterocycles. The highest BCUT2D eigenvalue weighted by Gasteiger charge is 2.24. The van der Waals surface area contributed by atoms with Gasteiger partial charge >= 0.3 is 0 Å². The van der Waals surface area contributed by atoms with Crippen LogP contribution in [-0.4, -0.2) is 15.6 Å². The quantitative estimate of drug-likeness (QED) is 0.651. The van der Waals surface area contributed by atoms with Crippen LogP contribution in [0.5, 0.6) is 5.75 Å². The number of phenolic OH excluding ortho intramolecular Hbond substituents is 1. The lowest BCUT2D eigenvalue weighted by Crippen LogP contribution is -2.14. The van der Waals surface area contributed by atoms with Gasteiger partial charge in [-0.2, -0.15) is 0 Å². The smallest absolute Gasteiger partial charge is 0.251 e. The SMILES string of the molecule is CCCc1c(-c2cccc(O)c2)c(C(N)=O)c(C)n1CCc1ccccc1. The number of hydrogen-bond acceptors (Lipinski definition) is 2. The van der Waals surface area contributed by atoms with E-state index in [2.05, 4.69) is 23.6 Å². The molecule has 1 aromatic heterocycles. The molecule has 0 aliphatic carbocycles. The van der Waals surface area contributed by atoms with Crippen LogP contribution in [0.2, 0.25) is 0 Å². The average molecular weight is 362 g/mol. The number of carbonyl (C=O) groups excluding carboxylic acids is 1. The van der Waals surface area contributed by atoms with Crippen LogP contribution in [0, 0.1) is 6.92 Å². The number of nitrogens with zero attached hydrogens (tertiary/aromatic N) is 1. The van der Waals surface area contributed by atoms with Gasteiger partial charge < -0.3 is 15.4 Å². The van der Waals surface area contributed by atoms with Crippen molar-refractivity contribution in [3.8, 4) is 16.9 Å². The number of amides is 1. The number of rotatable bonds is 7. The van der Waals surface area contributed by atoms with Crippen molar-refractivity contribution in [3.05, 3.63) is 77.1 Å². The highest BCUT2D eigenvalue weighted by atomic mass is 16.3. The number of hydrogen-bond donors (Lipinski definition) is 2. The number of aryl methyl sites for hydroxylation is 1. The Labute approximate surface area is 160 Å². The molecule has 140 valence electrons. The first-order valence-electron chi connectivity index (χ1n) is 9.38. The minimum Gasteiger partial charge on any atom is -0.508 e. The molecule has 0 radical (unpaired) electrons. The lowest BCUT2D eigenvalue weighted by Gasteiger charge is -2.13. The molecule has 3 rings (SSSR count). The van der Waals surface area contributed by atoms with Crippen molar-refractivity contribution in [3.63, 3.8) is 0 Å².